The first kappa shape index (κ1) is 14.5. The summed E-state index contributed by atoms with van der Waals surface area (Å²) < 4.78 is 13.5. The monoisotopic (exact) mass is 293 g/mol. The number of nitrogens with one attached hydrogen (secondary N) is 1. The molecule has 0 bridgehead atoms. The lowest BCUT2D eigenvalue weighted by Gasteiger charge is -2.32. The summed E-state index contributed by atoms with van der Waals surface area (Å²) in [6.07, 6.45) is 7.04. The Hall–Kier alpha value is -1.40. The third-order valence-corrected chi connectivity index (χ3v) is 4.31. The van der Waals surface area contributed by atoms with Crippen LogP contribution in [0.4, 0.5) is 0 Å². The first-order valence-electron chi connectivity index (χ1n) is 7.79. The summed E-state index contributed by atoms with van der Waals surface area (Å²) in [7, 11) is 0. The summed E-state index contributed by atoms with van der Waals surface area (Å²) >= 11 is 0. The van der Waals surface area contributed by atoms with Crippen LogP contribution in [0.3, 0.4) is 0 Å². The van der Waals surface area contributed by atoms with Crippen molar-refractivity contribution in [2.24, 2.45) is 0 Å². The van der Waals surface area contributed by atoms with E-state index in [1.807, 2.05) is 6.92 Å². The molecular weight excluding hydrogens is 270 g/mol. The van der Waals surface area contributed by atoms with Crippen molar-refractivity contribution in [2.75, 3.05) is 19.7 Å². The zero-order chi connectivity index (χ0) is 14.7. The third kappa shape index (κ3) is 3.11. The Morgan fingerprint density at radius 2 is 2.33 bits per heavy atom. The number of ether oxygens (including phenoxy) is 2. The highest BCUT2D eigenvalue weighted by Crippen LogP contribution is 2.35. The standard InChI is InChI=1S/C15H23N3O3/c1-2-8-18-9-7-17-13(14(18)19)21-12-10-15(20-11-12)3-5-16-6-4-15/h7,9,12,16H,2-6,8,10-11H2,1H3. The van der Waals surface area contributed by atoms with Gasteiger partial charge in [-0.3, -0.25) is 4.79 Å². The van der Waals surface area contributed by atoms with Crippen LogP contribution in [0.25, 0.3) is 0 Å². The minimum atomic E-state index is -0.148. The molecule has 6 heteroatoms. The van der Waals surface area contributed by atoms with Crippen LogP contribution >= 0.6 is 0 Å². The predicted octanol–water partition coefficient (Wildman–Crippen LogP) is 0.943. The van der Waals surface area contributed by atoms with Gasteiger partial charge in [-0.1, -0.05) is 6.92 Å². The Balaban J connectivity index is 1.68. The molecule has 0 saturated carbocycles. The Morgan fingerprint density at radius 3 is 3.10 bits per heavy atom. The molecule has 6 nitrogen and oxygen atoms in total. The van der Waals surface area contributed by atoms with E-state index in [0.717, 1.165) is 38.8 Å². The summed E-state index contributed by atoms with van der Waals surface area (Å²) in [6.45, 7) is 5.25. The third-order valence-electron chi connectivity index (χ3n) is 4.31. The number of hydrogen-bond acceptors (Lipinski definition) is 5. The van der Waals surface area contributed by atoms with Crippen molar-refractivity contribution in [1.29, 1.82) is 0 Å². The van der Waals surface area contributed by atoms with Gasteiger partial charge >= 0.3 is 5.56 Å². The van der Waals surface area contributed by atoms with E-state index in [1.54, 1.807) is 17.0 Å². The normalized spacial score (nSPS) is 24.3. The quantitative estimate of drug-likeness (QED) is 0.895. The number of aromatic nitrogens is 2. The molecule has 1 aromatic rings. The van der Waals surface area contributed by atoms with E-state index in [1.165, 1.54) is 0 Å². The second kappa shape index (κ2) is 6.15. The van der Waals surface area contributed by atoms with Gasteiger partial charge < -0.3 is 19.4 Å². The molecule has 1 unspecified atom stereocenters. The molecule has 2 saturated heterocycles. The molecule has 2 aliphatic heterocycles. The van der Waals surface area contributed by atoms with Gasteiger partial charge in [0.15, 0.2) is 0 Å². The highest BCUT2D eigenvalue weighted by molar-refractivity contribution is 5.06. The van der Waals surface area contributed by atoms with Crippen molar-refractivity contribution < 1.29 is 9.47 Å². The van der Waals surface area contributed by atoms with Gasteiger partial charge in [-0.2, -0.15) is 0 Å². The number of nitrogens with zero attached hydrogens (tertiary/aromatic N) is 2. The SMILES string of the molecule is CCCn1ccnc(OC2COC3(CCNCC3)C2)c1=O. The first-order valence-corrected chi connectivity index (χ1v) is 7.79. The van der Waals surface area contributed by atoms with Crippen LogP contribution < -0.4 is 15.6 Å². The minimum Gasteiger partial charge on any atom is -0.468 e. The molecule has 1 atom stereocenters. The lowest BCUT2D eigenvalue weighted by Crippen LogP contribution is -2.41. The minimum absolute atomic E-state index is 0.0624. The summed E-state index contributed by atoms with van der Waals surface area (Å²) in [6, 6.07) is 0. The van der Waals surface area contributed by atoms with E-state index in [-0.39, 0.29) is 23.1 Å². The lowest BCUT2D eigenvalue weighted by atomic mass is 9.89. The van der Waals surface area contributed by atoms with E-state index in [4.69, 9.17) is 9.47 Å². The average molecular weight is 293 g/mol. The first-order chi connectivity index (χ1) is 10.2. The topological polar surface area (TPSA) is 65.4 Å². The van der Waals surface area contributed by atoms with Gasteiger partial charge in [0.1, 0.15) is 6.10 Å². The van der Waals surface area contributed by atoms with E-state index in [9.17, 15) is 4.79 Å². The molecule has 3 heterocycles. The van der Waals surface area contributed by atoms with Crippen LogP contribution in [0.15, 0.2) is 17.2 Å². The molecule has 0 radical (unpaired) electrons. The summed E-state index contributed by atoms with van der Waals surface area (Å²) in [5.41, 5.74) is -0.210. The van der Waals surface area contributed by atoms with Crippen LogP contribution in [0.5, 0.6) is 5.88 Å². The second-order valence-corrected chi connectivity index (χ2v) is 5.92. The number of aryl methyl sites for hydroxylation is 1. The Kier molecular flexibility index (Phi) is 4.26. The molecule has 21 heavy (non-hydrogen) atoms. The summed E-state index contributed by atoms with van der Waals surface area (Å²) in [5, 5.41) is 3.34. The molecule has 1 aromatic heterocycles. The molecular formula is C15H23N3O3. The smallest absolute Gasteiger partial charge is 0.313 e. The molecule has 0 aliphatic carbocycles. The van der Waals surface area contributed by atoms with Crippen molar-refractivity contribution in [1.82, 2.24) is 14.9 Å². The lowest BCUT2D eigenvalue weighted by molar-refractivity contribution is -0.0206. The molecule has 2 aliphatic rings. The highest BCUT2D eigenvalue weighted by atomic mass is 16.6. The molecule has 0 aromatic carbocycles. The Bertz CT molecular complexity index is 537. The fourth-order valence-corrected chi connectivity index (χ4v) is 3.19. The molecule has 1 N–H and O–H groups in total. The van der Waals surface area contributed by atoms with Crippen molar-refractivity contribution in [2.45, 2.75) is 50.9 Å². The van der Waals surface area contributed by atoms with E-state index in [2.05, 4.69) is 10.3 Å². The fourth-order valence-electron chi connectivity index (χ4n) is 3.19. The van der Waals surface area contributed by atoms with Crippen molar-refractivity contribution in [3.8, 4) is 5.88 Å². The number of rotatable bonds is 4. The second-order valence-electron chi connectivity index (χ2n) is 5.92. The number of hydrogen-bond donors (Lipinski definition) is 1. The van der Waals surface area contributed by atoms with E-state index < -0.39 is 0 Å². The molecule has 116 valence electrons. The van der Waals surface area contributed by atoms with Gasteiger partial charge in [0.25, 0.3) is 5.88 Å². The zero-order valence-corrected chi connectivity index (χ0v) is 12.5. The van der Waals surface area contributed by atoms with Crippen LogP contribution in [-0.4, -0.2) is 41.0 Å². The zero-order valence-electron chi connectivity index (χ0n) is 12.5. The van der Waals surface area contributed by atoms with Crippen molar-refractivity contribution in [3.63, 3.8) is 0 Å². The van der Waals surface area contributed by atoms with Crippen LogP contribution in [0.1, 0.15) is 32.6 Å². The van der Waals surface area contributed by atoms with Crippen molar-refractivity contribution in [3.05, 3.63) is 22.7 Å². The molecule has 3 rings (SSSR count). The van der Waals surface area contributed by atoms with E-state index in [0.29, 0.717) is 13.2 Å². The average Bonchev–Trinajstić information content (AvgIpc) is 2.87. The fraction of sp³-hybridized carbons (Fsp3) is 0.733. The Morgan fingerprint density at radius 1 is 1.52 bits per heavy atom. The van der Waals surface area contributed by atoms with Crippen LogP contribution in [0, 0.1) is 0 Å². The molecule has 0 amide bonds. The largest absolute Gasteiger partial charge is 0.468 e. The van der Waals surface area contributed by atoms with Crippen molar-refractivity contribution >= 4 is 0 Å². The van der Waals surface area contributed by atoms with Gasteiger partial charge in [0.2, 0.25) is 0 Å². The summed E-state index contributed by atoms with van der Waals surface area (Å²) in [4.78, 5) is 16.3. The maximum absolute atomic E-state index is 12.2. The van der Waals surface area contributed by atoms with Gasteiger partial charge in [0.05, 0.1) is 12.2 Å². The van der Waals surface area contributed by atoms with Gasteiger partial charge in [-0.15, -0.1) is 0 Å². The van der Waals surface area contributed by atoms with Crippen LogP contribution in [0.2, 0.25) is 0 Å². The predicted molar refractivity (Wildman–Crippen MR) is 78.6 cm³/mol. The van der Waals surface area contributed by atoms with Gasteiger partial charge in [0, 0.05) is 25.4 Å². The van der Waals surface area contributed by atoms with E-state index >= 15 is 0 Å². The number of piperidine rings is 1. The Labute approximate surface area is 124 Å². The van der Waals surface area contributed by atoms with Gasteiger partial charge in [-0.25, -0.2) is 4.98 Å². The van der Waals surface area contributed by atoms with Crippen LogP contribution in [-0.2, 0) is 11.3 Å². The summed E-state index contributed by atoms with van der Waals surface area (Å²) in [5.74, 6) is 0.200. The maximum atomic E-state index is 12.2. The highest BCUT2D eigenvalue weighted by Gasteiger charge is 2.42. The molecule has 2 fully saturated rings. The molecule has 1 spiro atoms. The maximum Gasteiger partial charge on any atom is 0.313 e. The van der Waals surface area contributed by atoms with Gasteiger partial charge in [-0.05, 0) is 32.4 Å².